The SMILES string of the molecule is Cc1c(F)cccc1C12CC([B-](F)(F)F)(C1)C2.[K+]. The summed E-state index contributed by atoms with van der Waals surface area (Å²) in [5.41, 5.74) is 0.901. The van der Waals surface area contributed by atoms with Gasteiger partial charge in [-0.3, -0.25) is 0 Å². The van der Waals surface area contributed by atoms with E-state index >= 15 is 0 Å². The maximum absolute atomic E-state index is 13.4. The monoisotopic (exact) mass is 282 g/mol. The van der Waals surface area contributed by atoms with Crippen molar-refractivity contribution in [2.75, 3.05) is 0 Å². The topological polar surface area (TPSA) is 0 Å². The van der Waals surface area contributed by atoms with Crippen molar-refractivity contribution >= 4 is 6.98 Å². The summed E-state index contributed by atoms with van der Waals surface area (Å²) in [5.74, 6) is -0.321. The smallest absolute Gasteiger partial charge is 0.449 e. The fourth-order valence-corrected chi connectivity index (χ4v) is 3.68. The Morgan fingerprint density at radius 2 is 1.67 bits per heavy atom. The molecule has 1 aromatic rings. The number of halogens is 4. The van der Waals surface area contributed by atoms with Gasteiger partial charge in [0.25, 0.3) is 0 Å². The predicted molar refractivity (Wildman–Crippen MR) is 58.4 cm³/mol. The van der Waals surface area contributed by atoms with E-state index in [0.29, 0.717) is 5.56 Å². The molecule has 0 aliphatic heterocycles. The van der Waals surface area contributed by atoms with E-state index < -0.39 is 12.3 Å². The second-order valence-corrected chi connectivity index (χ2v) is 5.66. The number of benzene rings is 1. The zero-order chi connectivity index (χ0) is 12.5. The molecule has 0 aromatic heterocycles. The summed E-state index contributed by atoms with van der Waals surface area (Å²) in [6.45, 7) is -3.10. The van der Waals surface area contributed by atoms with E-state index in [0.717, 1.165) is 5.56 Å². The molecule has 0 unspecified atom stereocenters. The van der Waals surface area contributed by atoms with Gasteiger partial charge in [0.2, 0.25) is 0 Å². The third kappa shape index (κ3) is 1.79. The molecule has 3 fully saturated rings. The number of rotatable bonds is 2. The maximum Gasteiger partial charge on any atom is 1.00 e. The van der Waals surface area contributed by atoms with E-state index in [1.807, 2.05) is 0 Å². The van der Waals surface area contributed by atoms with Gasteiger partial charge in [-0.2, -0.15) is 0 Å². The van der Waals surface area contributed by atoms with E-state index in [2.05, 4.69) is 0 Å². The molecule has 2 bridgehead atoms. The summed E-state index contributed by atoms with van der Waals surface area (Å²) in [4.78, 5) is 0. The Bertz CT molecular complexity index is 478. The Labute approximate surface area is 146 Å². The molecular weight excluding hydrogens is 270 g/mol. The molecule has 92 valence electrons. The summed E-state index contributed by atoms with van der Waals surface area (Å²) >= 11 is 0. The summed E-state index contributed by atoms with van der Waals surface area (Å²) in [6.07, 6.45) is 0.482. The predicted octanol–water partition coefficient (Wildman–Crippen LogP) is 1.16. The molecule has 0 spiro atoms. The third-order valence-corrected chi connectivity index (χ3v) is 4.60. The standard InChI is InChI=1S/C12H12BF4.K/c1-8-9(3-2-4-10(8)14)11-5-12(6-11,7-11)13(15,16)17;/h2-4H,5-7H2,1H3;/q-1;+1. The summed E-state index contributed by atoms with van der Waals surface area (Å²) < 4.78 is 51.7. The molecule has 0 nitrogen and oxygen atoms in total. The molecule has 0 heterocycles. The Morgan fingerprint density at radius 3 is 2.17 bits per heavy atom. The van der Waals surface area contributed by atoms with E-state index in [1.54, 1.807) is 19.1 Å². The van der Waals surface area contributed by atoms with Crippen molar-refractivity contribution in [3.05, 3.63) is 35.1 Å². The molecule has 0 radical (unpaired) electrons. The molecule has 6 heteroatoms. The third-order valence-electron chi connectivity index (χ3n) is 4.60. The molecule has 0 amide bonds. The van der Waals surface area contributed by atoms with Crippen molar-refractivity contribution in [2.45, 2.75) is 36.9 Å². The van der Waals surface area contributed by atoms with E-state index in [9.17, 15) is 17.3 Å². The Hall–Kier alpha value is 0.641. The molecule has 3 aliphatic rings. The van der Waals surface area contributed by atoms with E-state index in [-0.39, 0.29) is 81.9 Å². The summed E-state index contributed by atoms with van der Waals surface area (Å²) in [7, 11) is 0. The zero-order valence-corrected chi connectivity index (χ0v) is 13.6. The van der Waals surface area contributed by atoms with Gasteiger partial charge in [0.1, 0.15) is 5.82 Å². The van der Waals surface area contributed by atoms with Gasteiger partial charge in [-0.15, -0.1) is 0 Å². The van der Waals surface area contributed by atoms with Crippen molar-refractivity contribution < 1.29 is 68.7 Å². The second kappa shape index (κ2) is 4.32. The molecule has 1 aromatic carbocycles. The molecular formula is C12H12BF4K. The fourth-order valence-electron chi connectivity index (χ4n) is 3.68. The van der Waals surface area contributed by atoms with E-state index in [4.69, 9.17) is 0 Å². The van der Waals surface area contributed by atoms with Crippen molar-refractivity contribution in [1.29, 1.82) is 0 Å². The Balaban J connectivity index is 0.00000120. The minimum Gasteiger partial charge on any atom is -0.449 e. The molecule has 18 heavy (non-hydrogen) atoms. The normalized spacial score (nSPS) is 33.2. The van der Waals surface area contributed by atoms with Crippen LogP contribution >= 0.6 is 0 Å². The van der Waals surface area contributed by atoms with E-state index in [1.165, 1.54) is 6.07 Å². The Kier molecular flexibility index (Phi) is 3.61. The van der Waals surface area contributed by atoms with Crippen molar-refractivity contribution in [1.82, 2.24) is 0 Å². The van der Waals surface area contributed by atoms with Gasteiger partial charge in [0.05, 0.1) is 0 Å². The van der Waals surface area contributed by atoms with Crippen LogP contribution in [0.2, 0.25) is 5.31 Å². The second-order valence-electron chi connectivity index (χ2n) is 5.66. The quantitative estimate of drug-likeness (QED) is 0.564. The van der Waals surface area contributed by atoms with Crippen molar-refractivity contribution in [3.63, 3.8) is 0 Å². The molecule has 3 aliphatic carbocycles. The van der Waals surface area contributed by atoms with Crippen LogP contribution in [0.25, 0.3) is 0 Å². The molecule has 4 rings (SSSR count). The first-order valence-corrected chi connectivity index (χ1v) is 5.75. The average Bonchev–Trinajstić information content (AvgIpc) is 2.05. The van der Waals surface area contributed by atoms with Gasteiger partial charge in [-0.25, -0.2) is 4.39 Å². The first kappa shape index (κ1) is 15.0. The van der Waals surface area contributed by atoms with Crippen LogP contribution in [0.5, 0.6) is 0 Å². The van der Waals surface area contributed by atoms with Crippen LogP contribution in [0.3, 0.4) is 0 Å². The van der Waals surface area contributed by atoms with Crippen molar-refractivity contribution in [2.24, 2.45) is 0 Å². The summed E-state index contributed by atoms with van der Waals surface area (Å²) in [6, 6.07) is 4.71. The van der Waals surface area contributed by atoms with Crippen LogP contribution in [0.1, 0.15) is 30.4 Å². The zero-order valence-electron chi connectivity index (χ0n) is 10.4. The van der Waals surface area contributed by atoms with Gasteiger partial charge in [-0.05, 0) is 29.5 Å². The van der Waals surface area contributed by atoms with Crippen LogP contribution in [-0.4, -0.2) is 6.98 Å². The van der Waals surface area contributed by atoms with Gasteiger partial charge < -0.3 is 12.9 Å². The van der Waals surface area contributed by atoms with Crippen LogP contribution in [0.4, 0.5) is 17.3 Å². The molecule has 0 N–H and O–H groups in total. The van der Waals surface area contributed by atoms with Gasteiger partial charge >= 0.3 is 58.4 Å². The first-order chi connectivity index (χ1) is 7.80. The minimum absolute atomic E-state index is 0. The maximum atomic E-state index is 13.4. The minimum atomic E-state index is -4.75. The number of hydrogen-bond donors (Lipinski definition) is 0. The van der Waals surface area contributed by atoms with Crippen LogP contribution in [-0.2, 0) is 5.41 Å². The van der Waals surface area contributed by atoms with Crippen LogP contribution in [0, 0.1) is 12.7 Å². The number of hydrogen-bond acceptors (Lipinski definition) is 0. The largest absolute Gasteiger partial charge is 1.00 e. The molecule has 0 atom stereocenters. The fraction of sp³-hybridized carbons (Fsp3) is 0.500. The van der Waals surface area contributed by atoms with Gasteiger partial charge in [0, 0.05) is 0 Å². The molecule has 3 saturated carbocycles. The van der Waals surface area contributed by atoms with Crippen LogP contribution < -0.4 is 51.4 Å². The average molecular weight is 282 g/mol. The van der Waals surface area contributed by atoms with Crippen LogP contribution in [0.15, 0.2) is 18.2 Å². The summed E-state index contributed by atoms with van der Waals surface area (Å²) in [5, 5.41) is -1.40. The Morgan fingerprint density at radius 1 is 1.11 bits per heavy atom. The molecule has 0 saturated heterocycles. The van der Waals surface area contributed by atoms with Gasteiger partial charge in [-0.1, -0.05) is 36.7 Å². The van der Waals surface area contributed by atoms with Crippen molar-refractivity contribution in [3.8, 4) is 0 Å². The van der Waals surface area contributed by atoms with Gasteiger partial charge in [0.15, 0.2) is 0 Å². The first-order valence-electron chi connectivity index (χ1n) is 5.75.